The largest absolute Gasteiger partial charge is 0.387 e. The Morgan fingerprint density at radius 3 is 2.08 bits per heavy atom. The lowest BCUT2D eigenvalue weighted by molar-refractivity contribution is -0.312. The van der Waals surface area contributed by atoms with Gasteiger partial charge in [-0.05, 0) is 37.5 Å². The molecule has 0 aromatic rings. The summed E-state index contributed by atoms with van der Waals surface area (Å²) in [4.78, 5) is 0. The quantitative estimate of drug-likeness (QED) is 0.575. The Hall–Kier alpha value is -0.0800. The Bertz CT molecular complexity index is 210. The van der Waals surface area contributed by atoms with Gasteiger partial charge in [0.05, 0.1) is 11.2 Å². The van der Waals surface area contributed by atoms with E-state index in [9.17, 15) is 10.2 Å². The molecule has 2 heteroatoms. The first kappa shape index (κ1) is 8.52. The molecule has 3 saturated carbocycles. The lowest BCUT2D eigenvalue weighted by Gasteiger charge is -2.68. The number of hydrogen-bond acceptors (Lipinski definition) is 2. The van der Waals surface area contributed by atoms with Gasteiger partial charge in [0.2, 0.25) is 0 Å². The second-order valence-electron chi connectivity index (χ2n) is 5.30. The molecular formula is C10H18O2. The molecule has 2 N–H and O–H groups in total. The van der Waals surface area contributed by atoms with Crippen molar-refractivity contribution in [2.75, 3.05) is 0 Å². The van der Waals surface area contributed by atoms with Crippen molar-refractivity contribution in [1.82, 2.24) is 0 Å². The van der Waals surface area contributed by atoms with Crippen LogP contribution in [0.1, 0.15) is 40.0 Å². The second-order valence-corrected chi connectivity index (χ2v) is 5.30. The number of fused-ring (bicyclic) bond motifs is 2. The lowest BCUT2D eigenvalue weighted by atomic mass is 9.41. The van der Waals surface area contributed by atoms with Gasteiger partial charge < -0.3 is 10.2 Å². The van der Waals surface area contributed by atoms with Crippen LogP contribution in [0.25, 0.3) is 0 Å². The Balaban J connectivity index is 2.37. The molecule has 0 radical (unpaired) electrons. The summed E-state index contributed by atoms with van der Waals surface area (Å²) in [5.74, 6) is 0.614. The lowest BCUT2D eigenvalue weighted by Crippen LogP contribution is -2.74. The average molecular weight is 170 g/mol. The highest BCUT2D eigenvalue weighted by molar-refractivity contribution is 5.20. The zero-order chi connectivity index (χ0) is 9.20. The molecule has 12 heavy (non-hydrogen) atoms. The van der Waals surface area contributed by atoms with Gasteiger partial charge in [0, 0.05) is 0 Å². The van der Waals surface area contributed by atoms with Gasteiger partial charge in [0.1, 0.15) is 0 Å². The number of rotatable bonds is 0. The Kier molecular flexibility index (Phi) is 1.33. The van der Waals surface area contributed by atoms with E-state index in [0.29, 0.717) is 5.92 Å². The molecule has 3 fully saturated rings. The maximum Gasteiger partial charge on any atom is 0.0986 e. The Morgan fingerprint density at radius 1 is 1.17 bits per heavy atom. The van der Waals surface area contributed by atoms with Crippen molar-refractivity contribution in [2.24, 2.45) is 11.3 Å². The SMILES string of the molecule is CC1(C)C2CC[C@](C)(O)[C@]1(O)C2. The Morgan fingerprint density at radius 2 is 1.75 bits per heavy atom. The minimum Gasteiger partial charge on any atom is -0.387 e. The number of hydrogen-bond donors (Lipinski definition) is 2. The molecule has 0 heterocycles. The van der Waals surface area contributed by atoms with Gasteiger partial charge in [-0.25, -0.2) is 0 Å². The molecule has 1 unspecified atom stereocenters. The molecule has 0 aromatic heterocycles. The monoisotopic (exact) mass is 170 g/mol. The van der Waals surface area contributed by atoms with Crippen molar-refractivity contribution in [1.29, 1.82) is 0 Å². The fourth-order valence-corrected chi connectivity index (χ4v) is 3.12. The van der Waals surface area contributed by atoms with Crippen LogP contribution in [-0.4, -0.2) is 21.4 Å². The fraction of sp³-hybridized carbons (Fsp3) is 1.00. The van der Waals surface area contributed by atoms with Gasteiger partial charge in [-0.1, -0.05) is 13.8 Å². The summed E-state index contributed by atoms with van der Waals surface area (Å²) in [6.45, 7) is 5.90. The smallest absolute Gasteiger partial charge is 0.0986 e. The summed E-state index contributed by atoms with van der Waals surface area (Å²) in [6, 6.07) is 0. The van der Waals surface area contributed by atoms with E-state index in [2.05, 4.69) is 13.8 Å². The summed E-state index contributed by atoms with van der Waals surface area (Å²) in [5.41, 5.74) is -1.79. The summed E-state index contributed by atoms with van der Waals surface area (Å²) in [7, 11) is 0. The van der Waals surface area contributed by atoms with E-state index < -0.39 is 11.2 Å². The molecular weight excluding hydrogens is 152 g/mol. The van der Waals surface area contributed by atoms with Crippen molar-refractivity contribution < 1.29 is 10.2 Å². The summed E-state index contributed by atoms with van der Waals surface area (Å²) < 4.78 is 0. The van der Waals surface area contributed by atoms with Crippen LogP contribution in [0.15, 0.2) is 0 Å². The molecule has 0 amide bonds. The van der Waals surface area contributed by atoms with Crippen LogP contribution < -0.4 is 0 Å². The molecule has 3 aliphatic carbocycles. The van der Waals surface area contributed by atoms with Crippen molar-refractivity contribution in [3.8, 4) is 0 Å². The first-order chi connectivity index (χ1) is 5.31. The highest BCUT2D eigenvalue weighted by Crippen LogP contribution is 2.65. The van der Waals surface area contributed by atoms with Crippen LogP contribution >= 0.6 is 0 Å². The van der Waals surface area contributed by atoms with Crippen molar-refractivity contribution in [2.45, 2.75) is 51.2 Å². The third-order valence-electron chi connectivity index (χ3n) is 4.50. The first-order valence-corrected chi connectivity index (χ1v) is 4.76. The van der Waals surface area contributed by atoms with Crippen LogP contribution in [0.2, 0.25) is 0 Å². The third kappa shape index (κ3) is 0.647. The molecule has 0 saturated heterocycles. The zero-order valence-corrected chi connectivity index (χ0v) is 8.09. The van der Waals surface area contributed by atoms with Gasteiger partial charge in [0.25, 0.3) is 0 Å². The van der Waals surface area contributed by atoms with Gasteiger partial charge in [-0.2, -0.15) is 0 Å². The molecule has 2 nitrogen and oxygen atoms in total. The molecule has 70 valence electrons. The van der Waals surface area contributed by atoms with E-state index in [1.165, 1.54) is 0 Å². The topological polar surface area (TPSA) is 40.5 Å². The minimum absolute atomic E-state index is 0.0885. The zero-order valence-electron chi connectivity index (χ0n) is 8.09. The fourth-order valence-electron chi connectivity index (χ4n) is 3.12. The maximum absolute atomic E-state index is 10.2. The first-order valence-electron chi connectivity index (χ1n) is 4.76. The van der Waals surface area contributed by atoms with Crippen LogP contribution in [0.3, 0.4) is 0 Å². The van der Waals surface area contributed by atoms with Gasteiger partial charge in [-0.15, -0.1) is 0 Å². The van der Waals surface area contributed by atoms with E-state index in [4.69, 9.17) is 0 Å². The van der Waals surface area contributed by atoms with Crippen molar-refractivity contribution in [3.05, 3.63) is 0 Å². The maximum atomic E-state index is 10.2. The van der Waals surface area contributed by atoms with Crippen molar-refractivity contribution >= 4 is 0 Å². The van der Waals surface area contributed by atoms with E-state index >= 15 is 0 Å². The van der Waals surface area contributed by atoms with Gasteiger partial charge in [-0.3, -0.25) is 0 Å². The highest BCUT2D eigenvalue weighted by Gasteiger charge is 2.69. The highest BCUT2D eigenvalue weighted by atomic mass is 16.4. The van der Waals surface area contributed by atoms with Crippen LogP contribution in [-0.2, 0) is 0 Å². The van der Waals surface area contributed by atoms with Crippen LogP contribution in [0, 0.1) is 11.3 Å². The van der Waals surface area contributed by atoms with E-state index in [0.717, 1.165) is 19.3 Å². The van der Waals surface area contributed by atoms with Crippen LogP contribution in [0.5, 0.6) is 0 Å². The molecule has 0 aliphatic heterocycles. The van der Waals surface area contributed by atoms with E-state index in [1.807, 2.05) is 0 Å². The summed E-state index contributed by atoms with van der Waals surface area (Å²) >= 11 is 0. The standard InChI is InChI=1S/C10H18O2/c1-8(2)7-4-5-9(3,11)10(8,12)6-7/h7,11-12H,4-6H2,1-3H3/t7?,9-,10-/m0/s1. The molecule has 3 aliphatic rings. The van der Waals surface area contributed by atoms with Crippen LogP contribution in [0.4, 0.5) is 0 Å². The van der Waals surface area contributed by atoms with Crippen molar-refractivity contribution in [3.63, 3.8) is 0 Å². The molecule has 3 atom stereocenters. The molecule has 0 spiro atoms. The second kappa shape index (κ2) is 1.88. The summed E-state index contributed by atoms with van der Waals surface area (Å²) in [6.07, 6.45) is 2.59. The predicted octanol–water partition coefficient (Wildman–Crippen LogP) is 1.31. The normalized spacial score (nSPS) is 56.2. The molecule has 2 bridgehead atoms. The van der Waals surface area contributed by atoms with Gasteiger partial charge in [0.15, 0.2) is 0 Å². The Labute approximate surface area is 73.6 Å². The summed E-state index contributed by atoms with van der Waals surface area (Å²) in [5, 5.41) is 20.3. The van der Waals surface area contributed by atoms with E-state index in [-0.39, 0.29) is 5.41 Å². The molecule has 0 aromatic carbocycles. The van der Waals surface area contributed by atoms with Gasteiger partial charge >= 0.3 is 0 Å². The average Bonchev–Trinajstić information content (AvgIpc) is 1.94. The minimum atomic E-state index is -0.870. The van der Waals surface area contributed by atoms with E-state index in [1.54, 1.807) is 6.92 Å². The predicted molar refractivity (Wildman–Crippen MR) is 46.7 cm³/mol. The third-order valence-corrected chi connectivity index (χ3v) is 4.50. The molecule has 3 rings (SSSR count). The number of aliphatic hydroxyl groups is 2.